The summed E-state index contributed by atoms with van der Waals surface area (Å²) in [5.41, 5.74) is 2.74. The first-order valence-corrected chi connectivity index (χ1v) is 4.90. The van der Waals surface area contributed by atoms with E-state index in [9.17, 15) is 5.11 Å². The Labute approximate surface area is 82.7 Å². The van der Waals surface area contributed by atoms with E-state index in [2.05, 4.69) is 5.32 Å². The first-order chi connectivity index (χ1) is 6.75. The summed E-state index contributed by atoms with van der Waals surface area (Å²) in [6, 6.07) is 3.78. The number of phenols is 1. The maximum absolute atomic E-state index is 9.61. The van der Waals surface area contributed by atoms with Gasteiger partial charge >= 0.3 is 0 Å². The molecule has 0 unspecified atom stereocenters. The van der Waals surface area contributed by atoms with Crippen molar-refractivity contribution in [1.82, 2.24) is 5.32 Å². The lowest BCUT2D eigenvalue weighted by molar-refractivity contribution is 0.372. The number of ether oxygens (including phenoxy) is 1. The number of hydrogen-bond donors (Lipinski definition) is 2. The van der Waals surface area contributed by atoms with Crippen molar-refractivity contribution in [3.8, 4) is 11.5 Å². The van der Waals surface area contributed by atoms with E-state index in [-0.39, 0.29) is 11.3 Å². The fraction of sp³-hybridized carbons (Fsp3) is 0.455. The summed E-state index contributed by atoms with van der Waals surface area (Å²) in [5, 5.41) is 13.1. The molecule has 1 aromatic carbocycles. The van der Waals surface area contributed by atoms with Gasteiger partial charge in [0.05, 0.1) is 7.11 Å². The molecule has 1 aliphatic heterocycles. The summed E-state index contributed by atoms with van der Waals surface area (Å²) >= 11 is 0. The van der Waals surface area contributed by atoms with Gasteiger partial charge in [-0.1, -0.05) is 0 Å². The average Bonchev–Trinajstić information content (AvgIpc) is 2.87. The Balaban J connectivity index is 2.15. The van der Waals surface area contributed by atoms with E-state index in [1.54, 1.807) is 7.11 Å². The van der Waals surface area contributed by atoms with Gasteiger partial charge in [0, 0.05) is 12.1 Å². The second-order valence-electron chi connectivity index (χ2n) is 4.12. The van der Waals surface area contributed by atoms with Crippen LogP contribution in [0.4, 0.5) is 0 Å². The van der Waals surface area contributed by atoms with Crippen LogP contribution in [0.25, 0.3) is 0 Å². The van der Waals surface area contributed by atoms with Gasteiger partial charge in [-0.3, -0.25) is 0 Å². The Morgan fingerprint density at radius 2 is 2.21 bits per heavy atom. The quantitative estimate of drug-likeness (QED) is 0.706. The molecule has 0 aromatic heterocycles. The largest absolute Gasteiger partial charge is 0.504 e. The van der Waals surface area contributed by atoms with Crippen LogP contribution in [-0.2, 0) is 12.1 Å². The Hall–Kier alpha value is -1.22. The highest BCUT2D eigenvalue weighted by Gasteiger charge is 2.48. The van der Waals surface area contributed by atoms with E-state index in [4.69, 9.17) is 4.74 Å². The SMILES string of the molecule is COc1cc2c(cc1O)CNC21CC1. The molecule has 0 amide bonds. The van der Waals surface area contributed by atoms with Crippen molar-refractivity contribution < 1.29 is 9.84 Å². The first kappa shape index (κ1) is 8.12. The highest BCUT2D eigenvalue weighted by Crippen LogP contribution is 2.52. The molecule has 74 valence electrons. The lowest BCUT2D eigenvalue weighted by Gasteiger charge is -2.10. The molecule has 3 rings (SSSR count). The summed E-state index contributed by atoms with van der Waals surface area (Å²) in [6.07, 6.45) is 2.40. The number of nitrogens with one attached hydrogen (secondary N) is 1. The Bertz CT molecular complexity index is 397. The minimum atomic E-state index is 0.219. The second kappa shape index (κ2) is 2.42. The normalized spacial score (nSPS) is 20.9. The van der Waals surface area contributed by atoms with Gasteiger partial charge in [-0.2, -0.15) is 0 Å². The van der Waals surface area contributed by atoms with Gasteiger partial charge < -0.3 is 15.2 Å². The molecule has 1 heterocycles. The molecule has 1 fully saturated rings. The van der Waals surface area contributed by atoms with Crippen LogP contribution in [0.2, 0.25) is 0 Å². The van der Waals surface area contributed by atoms with Crippen LogP contribution >= 0.6 is 0 Å². The Kier molecular flexibility index (Phi) is 1.40. The van der Waals surface area contributed by atoms with E-state index in [1.807, 2.05) is 12.1 Å². The van der Waals surface area contributed by atoms with Crippen molar-refractivity contribution in [2.45, 2.75) is 24.9 Å². The molecule has 14 heavy (non-hydrogen) atoms. The van der Waals surface area contributed by atoms with E-state index in [0.717, 1.165) is 6.54 Å². The second-order valence-corrected chi connectivity index (χ2v) is 4.12. The third kappa shape index (κ3) is 0.904. The molecule has 1 aliphatic carbocycles. The zero-order chi connectivity index (χ0) is 9.76. The number of rotatable bonds is 1. The van der Waals surface area contributed by atoms with Gasteiger partial charge in [0.15, 0.2) is 11.5 Å². The van der Waals surface area contributed by atoms with Gasteiger partial charge in [0.2, 0.25) is 0 Å². The number of hydrogen-bond acceptors (Lipinski definition) is 3. The zero-order valence-electron chi connectivity index (χ0n) is 8.13. The molecule has 1 spiro atoms. The van der Waals surface area contributed by atoms with Crippen LogP contribution in [0.5, 0.6) is 11.5 Å². The highest BCUT2D eigenvalue weighted by atomic mass is 16.5. The number of fused-ring (bicyclic) bond motifs is 2. The lowest BCUT2D eigenvalue weighted by Crippen LogP contribution is -2.19. The number of benzene rings is 1. The number of methoxy groups -OCH3 is 1. The number of phenolic OH excluding ortho intramolecular Hbond substituents is 1. The Morgan fingerprint density at radius 1 is 1.43 bits per heavy atom. The van der Waals surface area contributed by atoms with E-state index in [1.165, 1.54) is 24.0 Å². The fourth-order valence-corrected chi connectivity index (χ4v) is 2.30. The van der Waals surface area contributed by atoms with Crippen molar-refractivity contribution in [2.24, 2.45) is 0 Å². The van der Waals surface area contributed by atoms with Crippen molar-refractivity contribution in [3.63, 3.8) is 0 Å². The molecule has 3 heteroatoms. The lowest BCUT2D eigenvalue weighted by atomic mass is 10.0. The predicted molar refractivity (Wildman–Crippen MR) is 52.4 cm³/mol. The average molecular weight is 191 g/mol. The van der Waals surface area contributed by atoms with Crippen LogP contribution in [0, 0.1) is 0 Å². The maximum atomic E-state index is 9.61. The Morgan fingerprint density at radius 3 is 2.86 bits per heavy atom. The molecular weight excluding hydrogens is 178 g/mol. The standard InChI is InChI=1S/C11H13NO2/c1-14-10-5-8-7(4-9(10)13)6-12-11(8)2-3-11/h4-5,12-13H,2-3,6H2,1H3. The monoisotopic (exact) mass is 191 g/mol. The molecular formula is C11H13NO2. The molecule has 2 aliphatic rings. The molecule has 1 aromatic rings. The van der Waals surface area contributed by atoms with Crippen LogP contribution < -0.4 is 10.1 Å². The smallest absolute Gasteiger partial charge is 0.160 e. The highest BCUT2D eigenvalue weighted by molar-refractivity contribution is 5.52. The summed E-state index contributed by atoms with van der Waals surface area (Å²) in [6.45, 7) is 0.868. The summed E-state index contributed by atoms with van der Waals surface area (Å²) in [7, 11) is 1.59. The van der Waals surface area contributed by atoms with E-state index >= 15 is 0 Å². The van der Waals surface area contributed by atoms with E-state index in [0.29, 0.717) is 5.75 Å². The molecule has 0 bridgehead atoms. The summed E-state index contributed by atoms with van der Waals surface area (Å²) in [4.78, 5) is 0. The molecule has 0 atom stereocenters. The third-order valence-corrected chi connectivity index (χ3v) is 3.29. The van der Waals surface area contributed by atoms with Gasteiger partial charge in [0.25, 0.3) is 0 Å². The minimum Gasteiger partial charge on any atom is -0.504 e. The molecule has 2 N–H and O–H groups in total. The minimum absolute atomic E-state index is 0.219. The molecule has 1 saturated carbocycles. The van der Waals surface area contributed by atoms with E-state index < -0.39 is 0 Å². The topological polar surface area (TPSA) is 41.5 Å². The van der Waals surface area contributed by atoms with Gasteiger partial charge in [0.1, 0.15) is 0 Å². The van der Waals surface area contributed by atoms with Crippen molar-refractivity contribution >= 4 is 0 Å². The van der Waals surface area contributed by atoms with Crippen LogP contribution in [0.3, 0.4) is 0 Å². The predicted octanol–water partition coefficient (Wildman–Crippen LogP) is 1.49. The van der Waals surface area contributed by atoms with Crippen LogP contribution in [0.15, 0.2) is 12.1 Å². The maximum Gasteiger partial charge on any atom is 0.160 e. The third-order valence-electron chi connectivity index (χ3n) is 3.29. The van der Waals surface area contributed by atoms with Crippen LogP contribution in [-0.4, -0.2) is 12.2 Å². The van der Waals surface area contributed by atoms with Crippen molar-refractivity contribution in [1.29, 1.82) is 0 Å². The van der Waals surface area contributed by atoms with Gasteiger partial charge in [-0.05, 0) is 36.1 Å². The summed E-state index contributed by atoms with van der Waals surface area (Å²) < 4.78 is 5.11. The first-order valence-electron chi connectivity index (χ1n) is 4.90. The van der Waals surface area contributed by atoms with Gasteiger partial charge in [-0.25, -0.2) is 0 Å². The van der Waals surface area contributed by atoms with Crippen molar-refractivity contribution in [3.05, 3.63) is 23.3 Å². The van der Waals surface area contributed by atoms with Crippen LogP contribution in [0.1, 0.15) is 24.0 Å². The molecule has 3 nitrogen and oxygen atoms in total. The fourth-order valence-electron chi connectivity index (χ4n) is 2.30. The van der Waals surface area contributed by atoms with Crippen molar-refractivity contribution in [2.75, 3.05) is 7.11 Å². The molecule has 0 radical (unpaired) electrons. The molecule has 0 saturated heterocycles. The number of aromatic hydroxyl groups is 1. The summed E-state index contributed by atoms with van der Waals surface area (Å²) in [5.74, 6) is 0.824. The van der Waals surface area contributed by atoms with Gasteiger partial charge in [-0.15, -0.1) is 0 Å². The zero-order valence-corrected chi connectivity index (χ0v) is 8.13.